The summed E-state index contributed by atoms with van der Waals surface area (Å²) in [6, 6.07) is 3.66. The average molecular weight is 207 g/mol. The van der Waals surface area contributed by atoms with Crippen molar-refractivity contribution < 1.29 is 14.3 Å². The van der Waals surface area contributed by atoms with E-state index < -0.39 is 0 Å². The molecule has 0 N–H and O–H groups in total. The molecule has 0 aliphatic heterocycles. The monoisotopic (exact) mass is 207 g/mol. The van der Waals surface area contributed by atoms with E-state index >= 15 is 0 Å². The second-order valence-electron chi connectivity index (χ2n) is 3.03. The lowest BCUT2D eigenvalue weighted by Gasteiger charge is -2.11. The maximum absolute atomic E-state index is 10.00. The van der Waals surface area contributed by atoms with Crippen LogP contribution in [0.4, 0.5) is 0 Å². The van der Waals surface area contributed by atoms with Gasteiger partial charge in [0.2, 0.25) is 6.08 Å². The van der Waals surface area contributed by atoms with Crippen molar-refractivity contribution in [2.24, 2.45) is 4.99 Å². The van der Waals surface area contributed by atoms with Crippen molar-refractivity contribution in [3.8, 4) is 11.5 Å². The Morgan fingerprint density at radius 3 is 2.20 bits per heavy atom. The van der Waals surface area contributed by atoms with E-state index in [1.54, 1.807) is 14.2 Å². The predicted molar refractivity (Wildman–Crippen MR) is 56.1 cm³/mol. The van der Waals surface area contributed by atoms with Gasteiger partial charge in [0.1, 0.15) is 11.5 Å². The van der Waals surface area contributed by atoms with Gasteiger partial charge in [-0.3, -0.25) is 0 Å². The molecule has 0 spiro atoms. The van der Waals surface area contributed by atoms with Crippen LogP contribution in [0.3, 0.4) is 0 Å². The van der Waals surface area contributed by atoms with Crippen molar-refractivity contribution in [2.75, 3.05) is 14.2 Å². The number of isocyanates is 1. The average Bonchev–Trinajstić information content (AvgIpc) is 2.27. The number of methoxy groups -OCH3 is 2. The molecule has 80 valence electrons. The summed E-state index contributed by atoms with van der Waals surface area (Å²) in [7, 11) is 3.18. The molecule has 0 saturated heterocycles. The summed E-state index contributed by atoms with van der Waals surface area (Å²) in [4.78, 5) is 13.5. The standard InChI is InChI=1S/C11H13NO3/c1-8-10(14-2)4-9(6-12-7-13)5-11(8)15-3/h4-5H,6H2,1-3H3. The van der Waals surface area contributed by atoms with E-state index in [9.17, 15) is 4.79 Å². The highest BCUT2D eigenvalue weighted by atomic mass is 16.5. The Morgan fingerprint density at radius 2 is 1.80 bits per heavy atom. The number of ether oxygens (including phenoxy) is 2. The van der Waals surface area contributed by atoms with Crippen molar-refractivity contribution in [3.05, 3.63) is 23.3 Å². The third-order valence-corrected chi connectivity index (χ3v) is 2.14. The smallest absolute Gasteiger partial charge is 0.235 e. The number of hydrogen-bond acceptors (Lipinski definition) is 4. The van der Waals surface area contributed by atoms with E-state index in [1.165, 1.54) is 6.08 Å². The Hall–Kier alpha value is -1.80. The van der Waals surface area contributed by atoms with Crippen LogP contribution in [0.1, 0.15) is 11.1 Å². The van der Waals surface area contributed by atoms with Gasteiger partial charge in [-0.25, -0.2) is 9.79 Å². The summed E-state index contributed by atoms with van der Waals surface area (Å²) in [5.41, 5.74) is 1.79. The summed E-state index contributed by atoms with van der Waals surface area (Å²) >= 11 is 0. The van der Waals surface area contributed by atoms with Crippen LogP contribution in [-0.4, -0.2) is 20.3 Å². The maximum atomic E-state index is 10.00. The van der Waals surface area contributed by atoms with E-state index in [1.807, 2.05) is 19.1 Å². The lowest BCUT2D eigenvalue weighted by molar-refractivity contribution is 0.388. The van der Waals surface area contributed by atoms with Gasteiger partial charge in [0, 0.05) is 5.56 Å². The molecule has 0 bridgehead atoms. The molecule has 0 heterocycles. The summed E-state index contributed by atoms with van der Waals surface area (Å²) in [6.45, 7) is 2.20. The molecule has 15 heavy (non-hydrogen) atoms. The number of rotatable bonds is 4. The number of carbonyl (C=O) groups excluding carboxylic acids is 1. The fraction of sp³-hybridized carbons (Fsp3) is 0.364. The molecule has 0 radical (unpaired) electrons. The molecule has 4 nitrogen and oxygen atoms in total. The second kappa shape index (κ2) is 5.17. The molecular weight excluding hydrogens is 194 g/mol. The molecule has 4 heteroatoms. The summed E-state index contributed by atoms with van der Waals surface area (Å²) in [5, 5.41) is 0. The van der Waals surface area contributed by atoms with Crippen LogP contribution in [-0.2, 0) is 11.3 Å². The number of hydrogen-bond donors (Lipinski definition) is 0. The minimum absolute atomic E-state index is 0.288. The highest BCUT2D eigenvalue weighted by molar-refractivity contribution is 5.47. The lowest BCUT2D eigenvalue weighted by Crippen LogP contribution is -1.95. The summed E-state index contributed by atoms with van der Waals surface area (Å²) < 4.78 is 10.4. The van der Waals surface area contributed by atoms with Crippen LogP contribution in [0.2, 0.25) is 0 Å². The Bertz CT molecular complexity index is 370. The summed E-state index contributed by atoms with van der Waals surface area (Å²) in [5.74, 6) is 1.45. The van der Waals surface area contributed by atoms with E-state index in [2.05, 4.69) is 4.99 Å². The number of aliphatic imine (C=N–C) groups is 1. The van der Waals surface area contributed by atoms with Gasteiger partial charge in [0.25, 0.3) is 0 Å². The van der Waals surface area contributed by atoms with E-state index in [0.717, 1.165) is 22.6 Å². The van der Waals surface area contributed by atoms with Crippen LogP contribution in [0.25, 0.3) is 0 Å². The molecule has 0 unspecified atom stereocenters. The molecule has 0 amide bonds. The molecule has 1 aromatic rings. The zero-order valence-electron chi connectivity index (χ0n) is 9.03. The Kier molecular flexibility index (Phi) is 3.89. The van der Waals surface area contributed by atoms with Crippen molar-refractivity contribution in [1.29, 1.82) is 0 Å². The lowest BCUT2D eigenvalue weighted by atomic mass is 10.1. The van der Waals surface area contributed by atoms with Gasteiger partial charge in [-0.15, -0.1) is 0 Å². The number of benzene rings is 1. The first-order valence-electron chi connectivity index (χ1n) is 4.48. The minimum atomic E-state index is 0.288. The van der Waals surface area contributed by atoms with Crippen LogP contribution in [0, 0.1) is 6.92 Å². The van der Waals surface area contributed by atoms with Gasteiger partial charge >= 0.3 is 0 Å². The SMILES string of the molecule is COc1cc(CN=C=O)cc(OC)c1C. The van der Waals surface area contributed by atoms with Gasteiger partial charge < -0.3 is 9.47 Å². The number of nitrogens with zero attached hydrogens (tertiary/aromatic N) is 1. The fourth-order valence-corrected chi connectivity index (χ4v) is 1.36. The fourth-order valence-electron chi connectivity index (χ4n) is 1.36. The quantitative estimate of drug-likeness (QED) is 0.559. The van der Waals surface area contributed by atoms with Crippen LogP contribution in [0.15, 0.2) is 17.1 Å². The molecule has 1 aromatic carbocycles. The molecule has 0 aliphatic carbocycles. The van der Waals surface area contributed by atoms with Crippen LogP contribution < -0.4 is 9.47 Å². The van der Waals surface area contributed by atoms with Gasteiger partial charge in [0.15, 0.2) is 0 Å². The Morgan fingerprint density at radius 1 is 1.27 bits per heavy atom. The summed E-state index contributed by atoms with van der Waals surface area (Å²) in [6.07, 6.45) is 1.50. The minimum Gasteiger partial charge on any atom is -0.496 e. The highest BCUT2D eigenvalue weighted by Gasteiger charge is 2.07. The van der Waals surface area contributed by atoms with E-state index in [0.29, 0.717) is 0 Å². The van der Waals surface area contributed by atoms with E-state index in [4.69, 9.17) is 9.47 Å². The van der Waals surface area contributed by atoms with Crippen molar-refractivity contribution in [1.82, 2.24) is 0 Å². The predicted octanol–water partition coefficient (Wildman–Crippen LogP) is 1.85. The van der Waals surface area contributed by atoms with Crippen LogP contribution >= 0.6 is 0 Å². The Balaban J connectivity index is 3.14. The first-order chi connectivity index (χ1) is 7.22. The van der Waals surface area contributed by atoms with Crippen molar-refractivity contribution in [3.63, 3.8) is 0 Å². The van der Waals surface area contributed by atoms with E-state index in [-0.39, 0.29) is 6.54 Å². The largest absolute Gasteiger partial charge is 0.496 e. The van der Waals surface area contributed by atoms with Crippen molar-refractivity contribution >= 4 is 6.08 Å². The van der Waals surface area contributed by atoms with Gasteiger partial charge in [-0.1, -0.05) is 0 Å². The molecule has 0 saturated carbocycles. The highest BCUT2D eigenvalue weighted by Crippen LogP contribution is 2.29. The second-order valence-corrected chi connectivity index (χ2v) is 3.03. The first-order valence-corrected chi connectivity index (χ1v) is 4.48. The van der Waals surface area contributed by atoms with Gasteiger partial charge in [0.05, 0.1) is 20.8 Å². The zero-order valence-corrected chi connectivity index (χ0v) is 9.03. The molecule has 0 fully saturated rings. The maximum Gasteiger partial charge on any atom is 0.235 e. The molecule has 0 aliphatic rings. The van der Waals surface area contributed by atoms with Crippen LogP contribution in [0.5, 0.6) is 11.5 Å². The van der Waals surface area contributed by atoms with Gasteiger partial charge in [-0.2, -0.15) is 0 Å². The topological polar surface area (TPSA) is 47.9 Å². The third kappa shape index (κ3) is 2.58. The normalized spacial score (nSPS) is 9.27. The first kappa shape index (κ1) is 11.3. The molecular formula is C11H13NO3. The van der Waals surface area contributed by atoms with Crippen molar-refractivity contribution in [2.45, 2.75) is 13.5 Å². The molecule has 0 atom stereocenters. The molecule has 1 rings (SSSR count). The third-order valence-electron chi connectivity index (χ3n) is 2.14. The molecule has 0 aromatic heterocycles. The Labute approximate surface area is 88.5 Å². The zero-order chi connectivity index (χ0) is 11.3. The van der Waals surface area contributed by atoms with Gasteiger partial charge in [-0.05, 0) is 24.6 Å².